The molecule has 0 amide bonds. The van der Waals surface area contributed by atoms with Gasteiger partial charge in [0.15, 0.2) is 5.78 Å². The third-order valence-electron chi connectivity index (χ3n) is 3.67. The van der Waals surface area contributed by atoms with Crippen LogP contribution in [0.15, 0.2) is 12.7 Å². The van der Waals surface area contributed by atoms with Gasteiger partial charge < -0.3 is 18.4 Å². The van der Waals surface area contributed by atoms with Crippen molar-refractivity contribution in [3.63, 3.8) is 0 Å². The molecule has 0 aromatic carbocycles. The van der Waals surface area contributed by atoms with Gasteiger partial charge in [-0.25, -0.2) is 0 Å². The van der Waals surface area contributed by atoms with Gasteiger partial charge >= 0.3 is 8.80 Å². The number of unbranched alkanes of at least 4 members (excludes halogenated alkanes) is 2. The van der Waals surface area contributed by atoms with E-state index in [0.717, 1.165) is 32.1 Å². The average Bonchev–Trinajstić information content (AvgIpc) is 2.59. The Hall–Kier alpha value is -0.533. The minimum Gasteiger partial charge on any atom is -0.396 e. The van der Waals surface area contributed by atoms with Crippen molar-refractivity contribution in [1.82, 2.24) is 0 Å². The summed E-state index contributed by atoms with van der Waals surface area (Å²) in [5.41, 5.74) is 0. The molecule has 0 radical (unpaired) electrons. The molecule has 0 saturated heterocycles. The van der Waals surface area contributed by atoms with E-state index >= 15 is 0 Å². The fourth-order valence-electron chi connectivity index (χ4n) is 2.22. The molecule has 0 aromatic heterocycles. The summed E-state index contributed by atoms with van der Waals surface area (Å²) in [6, 6.07) is 0.529. The van der Waals surface area contributed by atoms with Crippen molar-refractivity contribution in [2.75, 3.05) is 19.8 Å². The highest BCUT2D eigenvalue weighted by Crippen LogP contribution is 2.23. The van der Waals surface area contributed by atoms with Gasteiger partial charge in [0.05, 0.1) is 0 Å². The smallest absolute Gasteiger partial charge is 0.396 e. The number of hydrogen-bond acceptors (Lipinski definition) is 5. The van der Waals surface area contributed by atoms with Gasteiger partial charge in [-0.05, 0) is 31.8 Å². The minimum absolute atomic E-state index is 0.0558. The lowest BCUT2D eigenvalue weighted by Crippen LogP contribution is -2.50. The average molecular weight is 361 g/mol. The maximum Gasteiger partial charge on any atom is 0.501 e. The van der Waals surface area contributed by atoms with Crippen molar-refractivity contribution in [1.29, 1.82) is 0 Å². The van der Waals surface area contributed by atoms with Crippen LogP contribution < -0.4 is 0 Å². The fourth-order valence-corrected chi connectivity index (χ4v) is 5.02. The summed E-state index contributed by atoms with van der Waals surface area (Å²) < 4.78 is 18.4. The molecule has 1 atom stereocenters. The Morgan fingerprint density at radius 2 is 1.67 bits per heavy atom. The van der Waals surface area contributed by atoms with E-state index in [0.29, 0.717) is 32.1 Å². The molecule has 0 heterocycles. The Bertz CT molecular complexity index is 325. The van der Waals surface area contributed by atoms with E-state index in [2.05, 4.69) is 20.4 Å². The maximum atomic E-state index is 12.1. The predicted octanol–water partition coefficient (Wildman–Crippen LogP) is 3.88. The second-order valence-corrected chi connectivity index (χ2v) is 8.59. The first-order valence-corrected chi connectivity index (χ1v) is 11.2. The zero-order chi connectivity index (χ0) is 18.3. The molecule has 142 valence electrons. The molecule has 0 aliphatic rings. The quantitative estimate of drug-likeness (QED) is 0.242. The first-order valence-electron chi connectivity index (χ1n) is 9.31. The van der Waals surface area contributed by atoms with Crippen LogP contribution in [0.1, 0.15) is 65.7 Å². The number of carbonyl (C=O) groups excluding carboxylic acids is 1. The third-order valence-corrected chi connectivity index (χ3v) is 6.57. The first kappa shape index (κ1) is 23.5. The van der Waals surface area contributed by atoms with Crippen LogP contribution in [0.3, 0.4) is 0 Å². The molecule has 24 heavy (non-hydrogen) atoms. The van der Waals surface area contributed by atoms with E-state index in [4.69, 9.17) is 13.3 Å². The minimum atomic E-state index is -3.00. The Morgan fingerprint density at radius 3 is 2.08 bits per heavy atom. The van der Waals surface area contributed by atoms with E-state index in [1.54, 1.807) is 0 Å². The number of aliphatic hydroxyl groups is 1. The van der Waals surface area contributed by atoms with Gasteiger partial charge in [-0.1, -0.05) is 46.6 Å². The molecular formula is C18H36O5Si. The summed E-state index contributed by atoms with van der Waals surface area (Å²) in [5.74, 6) is -0.129. The molecular weight excluding hydrogens is 324 g/mol. The third kappa shape index (κ3) is 9.69. The standard InChI is InChI=1S/C18H36O5Si/c1-5-9-14-21-24(16-11-13-19,22-15-10-6-2)23-18(12-7-3)17(20)8-4/h8,18-19H,4-7,9-16H2,1-3H3. The van der Waals surface area contributed by atoms with Crippen LogP contribution >= 0.6 is 0 Å². The second-order valence-electron chi connectivity index (χ2n) is 5.92. The molecule has 0 aliphatic heterocycles. The van der Waals surface area contributed by atoms with Crippen molar-refractivity contribution in [2.45, 2.75) is 77.9 Å². The van der Waals surface area contributed by atoms with Crippen LogP contribution in [-0.2, 0) is 18.1 Å². The molecule has 0 spiro atoms. The Kier molecular flexibility index (Phi) is 14.5. The highest BCUT2D eigenvalue weighted by molar-refractivity contribution is 6.61. The van der Waals surface area contributed by atoms with Crippen molar-refractivity contribution in [3.8, 4) is 0 Å². The predicted molar refractivity (Wildman–Crippen MR) is 99.0 cm³/mol. The molecule has 1 N–H and O–H groups in total. The Morgan fingerprint density at radius 1 is 1.08 bits per heavy atom. The topological polar surface area (TPSA) is 65.0 Å². The molecule has 1 unspecified atom stereocenters. The lowest BCUT2D eigenvalue weighted by atomic mass is 10.1. The first-order chi connectivity index (χ1) is 11.6. The van der Waals surface area contributed by atoms with Crippen molar-refractivity contribution in [2.24, 2.45) is 0 Å². The van der Waals surface area contributed by atoms with Crippen LogP contribution in [0.4, 0.5) is 0 Å². The van der Waals surface area contributed by atoms with Crippen LogP contribution in [0, 0.1) is 0 Å². The maximum absolute atomic E-state index is 12.1. The molecule has 0 fully saturated rings. The van der Waals surface area contributed by atoms with Gasteiger partial charge in [0.25, 0.3) is 0 Å². The Balaban J connectivity index is 5.20. The number of ketones is 1. The molecule has 0 saturated carbocycles. The molecule has 0 aromatic rings. The number of hydrogen-bond donors (Lipinski definition) is 1. The monoisotopic (exact) mass is 360 g/mol. The van der Waals surface area contributed by atoms with Crippen LogP contribution in [-0.4, -0.2) is 45.6 Å². The van der Waals surface area contributed by atoms with Gasteiger partial charge in [0.2, 0.25) is 0 Å². The van der Waals surface area contributed by atoms with E-state index in [-0.39, 0.29) is 12.4 Å². The van der Waals surface area contributed by atoms with E-state index in [1.165, 1.54) is 6.08 Å². The highest BCUT2D eigenvalue weighted by atomic mass is 28.4. The number of rotatable bonds is 17. The highest BCUT2D eigenvalue weighted by Gasteiger charge is 2.43. The van der Waals surface area contributed by atoms with Gasteiger partial charge in [0.1, 0.15) is 6.10 Å². The fraction of sp³-hybridized carbons (Fsp3) is 0.833. The van der Waals surface area contributed by atoms with E-state index in [1.807, 2.05) is 6.92 Å². The zero-order valence-electron chi connectivity index (χ0n) is 15.7. The van der Waals surface area contributed by atoms with Gasteiger partial charge in [0, 0.05) is 25.9 Å². The van der Waals surface area contributed by atoms with Crippen molar-refractivity contribution >= 4 is 14.6 Å². The van der Waals surface area contributed by atoms with Crippen molar-refractivity contribution < 1.29 is 23.2 Å². The van der Waals surface area contributed by atoms with Gasteiger partial charge in [-0.2, -0.15) is 0 Å². The lowest BCUT2D eigenvalue weighted by molar-refractivity contribution is -0.124. The van der Waals surface area contributed by atoms with Crippen LogP contribution in [0.5, 0.6) is 0 Å². The molecule has 0 rings (SSSR count). The second kappa shape index (κ2) is 14.8. The van der Waals surface area contributed by atoms with Crippen LogP contribution in [0.2, 0.25) is 6.04 Å². The molecule has 0 aliphatic carbocycles. The van der Waals surface area contributed by atoms with Crippen LogP contribution in [0.25, 0.3) is 0 Å². The Labute approximate surface area is 148 Å². The van der Waals surface area contributed by atoms with E-state index < -0.39 is 14.9 Å². The largest absolute Gasteiger partial charge is 0.501 e. The van der Waals surface area contributed by atoms with E-state index in [9.17, 15) is 9.90 Å². The molecule has 5 nitrogen and oxygen atoms in total. The summed E-state index contributed by atoms with van der Waals surface area (Å²) in [7, 11) is -3.00. The molecule has 6 heteroatoms. The normalized spacial score (nSPS) is 13.0. The summed E-state index contributed by atoms with van der Waals surface area (Å²) >= 11 is 0. The summed E-state index contributed by atoms with van der Waals surface area (Å²) in [5, 5.41) is 9.24. The number of carbonyl (C=O) groups is 1. The van der Waals surface area contributed by atoms with Gasteiger partial charge in [-0.3, -0.25) is 4.79 Å². The lowest BCUT2D eigenvalue weighted by Gasteiger charge is -2.33. The summed E-state index contributed by atoms with van der Waals surface area (Å²) in [6.45, 7) is 10.9. The summed E-state index contributed by atoms with van der Waals surface area (Å²) in [4.78, 5) is 12.1. The zero-order valence-corrected chi connectivity index (χ0v) is 16.7. The van der Waals surface area contributed by atoms with Crippen molar-refractivity contribution in [3.05, 3.63) is 12.7 Å². The number of aliphatic hydroxyl groups excluding tert-OH is 1. The SMILES string of the molecule is C=CC(=O)C(CCC)O[Si](CCCO)(OCCCC)OCCCC. The van der Waals surface area contributed by atoms with Gasteiger partial charge in [-0.15, -0.1) is 0 Å². The summed E-state index contributed by atoms with van der Waals surface area (Å²) in [6.07, 6.45) is 6.61. The molecule has 0 bridgehead atoms.